The van der Waals surface area contributed by atoms with Gasteiger partial charge < -0.3 is 9.47 Å². The third kappa shape index (κ3) is 4.70. The Morgan fingerprint density at radius 2 is 1.74 bits per heavy atom. The molecule has 0 aliphatic carbocycles. The summed E-state index contributed by atoms with van der Waals surface area (Å²) in [6, 6.07) is 9.01. The largest absolute Gasteiger partial charge is 0.573 e. The normalized spacial score (nSPS) is 11.2. The van der Waals surface area contributed by atoms with E-state index in [4.69, 9.17) is 4.74 Å². The zero-order valence-electron chi connectivity index (χ0n) is 12.0. The third-order valence-electron chi connectivity index (χ3n) is 2.94. The molecule has 0 saturated heterocycles. The monoisotopic (exact) mass is 328 g/mol. The number of halogens is 4. The van der Waals surface area contributed by atoms with Crippen molar-refractivity contribution in [3.63, 3.8) is 0 Å². The highest BCUT2D eigenvalue weighted by Crippen LogP contribution is 2.28. The van der Waals surface area contributed by atoms with Gasteiger partial charge in [0.1, 0.15) is 5.75 Å². The number of rotatable bonds is 4. The van der Waals surface area contributed by atoms with Crippen LogP contribution in [0.5, 0.6) is 11.5 Å². The van der Waals surface area contributed by atoms with Crippen LogP contribution in [-0.4, -0.2) is 12.3 Å². The lowest BCUT2D eigenvalue weighted by atomic mass is 10.1. The van der Waals surface area contributed by atoms with Gasteiger partial charge in [0.15, 0.2) is 11.6 Å². The van der Waals surface area contributed by atoms with Crippen molar-refractivity contribution >= 4 is 5.97 Å². The predicted molar refractivity (Wildman–Crippen MR) is 73.9 cm³/mol. The smallest absolute Gasteiger partial charge is 0.423 e. The Morgan fingerprint density at radius 1 is 1.09 bits per heavy atom. The van der Waals surface area contributed by atoms with E-state index in [0.717, 1.165) is 24.1 Å². The number of ether oxygens (including phenoxy) is 2. The highest BCUT2D eigenvalue weighted by molar-refractivity contribution is 5.91. The molecule has 0 radical (unpaired) electrons. The molecule has 0 bridgehead atoms. The van der Waals surface area contributed by atoms with Gasteiger partial charge in [-0.15, -0.1) is 13.2 Å². The number of benzene rings is 2. The molecule has 3 nitrogen and oxygen atoms in total. The summed E-state index contributed by atoms with van der Waals surface area (Å²) in [6.07, 6.45) is -4.19. The van der Waals surface area contributed by atoms with Crippen molar-refractivity contribution < 1.29 is 31.8 Å². The second kappa shape index (κ2) is 6.68. The molecule has 0 amide bonds. The predicted octanol–water partition coefficient (Wildman–Crippen LogP) is 4.51. The molecule has 23 heavy (non-hydrogen) atoms. The highest BCUT2D eigenvalue weighted by Gasteiger charge is 2.32. The van der Waals surface area contributed by atoms with Gasteiger partial charge in [0.2, 0.25) is 0 Å². The summed E-state index contributed by atoms with van der Waals surface area (Å²) in [7, 11) is 0. The van der Waals surface area contributed by atoms with Gasteiger partial charge in [0.25, 0.3) is 0 Å². The fourth-order valence-electron chi connectivity index (χ4n) is 1.79. The molecular weight excluding hydrogens is 316 g/mol. The van der Waals surface area contributed by atoms with E-state index in [-0.39, 0.29) is 11.3 Å². The van der Waals surface area contributed by atoms with E-state index < -0.39 is 23.9 Å². The van der Waals surface area contributed by atoms with Crippen LogP contribution < -0.4 is 9.47 Å². The zero-order chi connectivity index (χ0) is 17.0. The number of carbonyl (C=O) groups is 1. The van der Waals surface area contributed by atoms with Crippen LogP contribution in [0.25, 0.3) is 0 Å². The van der Waals surface area contributed by atoms with E-state index in [0.29, 0.717) is 6.07 Å². The topological polar surface area (TPSA) is 35.5 Å². The van der Waals surface area contributed by atoms with Crippen molar-refractivity contribution in [2.45, 2.75) is 19.7 Å². The minimum Gasteiger partial charge on any atom is -0.423 e. The van der Waals surface area contributed by atoms with Crippen LogP contribution in [0.4, 0.5) is 17.6 Å². The molecule has 0 unspecified atom stereocenters. The number of hydrogen-bond acceptors (Lipinski definition) is 3. The molecule has 2 aromatic carbocycles. The van der Waals surface area contributed by atoms with Gasteiger partial charge in [-0.3, -0.25) is 0 Å². The van der Waals surface area contributed by atoms with Crippen LogP contribution in [0.3, 0.4) is 0 Å². The van der Waals surface area contributed by atoms with Gasteiger partial charge in [-0.1, -0.05) is 19.1 Å². The van der Waals surface area contributed by atoms with Crippen molar-refractivity contribution in [1.29, 1.82) is 0 Å². The second-order valence-corrected chi connectivity index (χ2v) is 4.58. The summed E-state index contributed by atoms with van der Waals surface area (Å²) >= 11 is 0. The first kappa shape index (κ1) is 16.8. The molecule has 122 valence electrons. The fourth-order valence-corrected chi connectivity index (χ4v) is 1.79. The van der Waals surface area contributed by atoms with E-state index >= 15 is 0 Å². The van der Waals surface area contributed by atoms with Gasteiger partial charge in [-0.05, 0) is 36.2 Å². The summed E-state index contributed by atoms with van der Waals surface area (Å²) in [5.41, 5.74) is 1.28. The average Bonchev–Trinajstić information content (AvgIpc) is 2.49. The lowest BCUT2D eigenvalue weighted by Gasteiger charge is -2.10. The van der Waals surface area contributed by atoms with E-state index in [9.17, 15) is 22.4 Å². The number of aryl methyl sites for hydroxylation is 1. The Labute approximate surface area is 129 Å². The van der Waals surface area contributed by atoms with Gasteiger partial charge in [0, 0.05) is 6.07 Å². The van der Waals surface area contributed by atoms with Crippen LogP contribution in [0.2, 0.25) is 0 Å². The van der Waals surface area contributed by atoms with E-state index in [1.807, 2.05) is 6.92 Å². The SMILES string of the molecule is CCc1ccc(C(=O)Oc2ccc(OC(F)(F)F)c(F)c2)cc1. The lowest BCUT2D eigenvalue weighted by molar-refractivity contribution is -0.275. The number of alkyl halides is 3. The molecule has 0 aromatic heterocycles. The third-order valence-corrected chi connectivity index (χ3v) is 2.94. The Hall–Kier alpha value is -2.57. The standard InChI is InChI=1S/C16H12F4O3/c1-2-10-3-5-11(6-4-10)15(21)22-12-7-8-14(13(17)9-12)23-16(18,19)20/h3-9H,2H2,1H3. The molecule has 0 aliphatic heterocycles. The summed E-state index contributed by atoms with van der Waals surface area (Å²) in [5.74, 6) is -3.24. The van der Waals surface area contributed by atoms with Crippen molar-refractivity contribution in [2.24, 2.45) is 0 Å². The maximum Gasteiger partial charge on any atom is 0.573 e. The molecular formula is C16H12F4O3. The van der Waals surface area contributed by atoms with Crippen LogP contribution in [0.1, 0.15) is 22.8 Å². The number of hydrogen-bond donors (Lipinski definition) is 0. The molecule has 0 spiro atoms. The first-order valence-electron chi connectivity index (χ1n) is 6.65. The zero-order valence-corrected chi connectivity index (χ0v) is 12.0. The fraction of sp³-hybridized carbons (Fsp3) is 0.188. The molecule has 0 atom stereocenters. The molecule has 2 rings (SSSR count). The lowest BCUT2D eigenvalue weighted by Crippen LogP contribution is -2.18. The van der Waals surface area contributed by atoms with Gasteiger partial charge in [-0.25, -0.2) is 9.18 Å². The first-order valence-corrected chi connectivity index (χ1v) is 6.65. The molecule has 0 aliphatic rings. The molecule has 0 N–H and O–H groups in total. The van der Waals surface area contributed by atoms with Crippen LogP contribution in [-0.2, 0) is 6.42 Å². The van der Waals surface area contributed by atoms with E-state index in [1.54, 1.807) is 24.3 Å². The average molecular weight is 328 g/mol. The van der Waals surface area contributed by atoms with Crippen molar-refractivity contribution in [3.8, 4) is 11.5 Å². The Morgan fingerprint density at radius 3 is 2.26 bits per heavy atom. The van der Waals surface area contributed by atoms with Crippen LogP contribution in [0.15, 0.2) is 42.5 Å². The van der Waals surface area contributed by atoms with Crippen LogP contribution in [0, 0.1) is 5.82 Å². The Bertz CT molecular complexity index is 693. The van der Waals surface area contributed by atoms with E-state index in [1.165, 1.54) is 0 Å². The summed E-state index contributed by atoms with van der Waals surface area (Å²) in [5, 5.41) is 0. The molecule has 7 heteroatoms. The van der Waals surface area contributed by atoms with Crippen molar-refractivity contribution in [3.05, 3.63) is 59.4 Å². The first-order chi connectivity index (χ1) is 10.8. The van der Waals surface area contributed by atoms with E-state index in [2.05, 4.69) is 4.74 Å². The summed E-state index contributed by atoms with van der Waals surface area (Å²) in [6.45, 7) is 1.96. The molecule has 2 aromatic rings. The molecule has 0 saturated carbocycles. The summed E-state index contributed by atoms with van der Waals surface area (Å²) in [4.78, 5) is 11.9. The summed E-state index contributed by atoms with van der Waals surface area (Å²) < 4.78 is 58.0. The quantitative estimate of drug-likeness (QED) is 0.471. The minimum atomic E-state index is -5.00. The van der Waals surface area contributed by atoms with Crippen molar-refractivity contribution in [1.82, 2.24) is 0 Å². The molecule has 0 fully saturated rings. The van der Waals surface area contributed by atoms with Crippen LogP contribution >= 0.6 is 0 Å². The van der Waals surface area contributed by atoms with Gasteiger partial charge in [-0.2, -0.15) is 0 Å². The second-order valence-electron chi connectivity index (χ2n) is 4.58. The maximum absolute atomic E-state index is 13.5. The highest BCUT2D eigenvalue weighted by atomic mass is 19.4. The number of carbonyl (C=O) groups excluding carboxylic acids is 1. The Balaban J connectivity index is 2.10. The number of esters is 1. The maximum atomic E-state index is 13.5. The van der Waals surface area contributed by atoms with Crippen molar-refractivity contribution in [2.75, 3.05) is 0 Å². The molecule has 0 heterocycles. The Kier molecular flexibility index (Phi) is 4.88. The minimum absolute atomic E-state index is 0.221. The van der Waals surface area contributed by atoms with Gasteiger partial charge in [0.05, 0.1) is 5.56 Å². The van der Waals surface area contributed by atoms with Gasteiger partial charge >= 0.3 is 12.3 Å².